The SMILES string of the molecule is BrN1CCCC1. The van der Waals surface area contributed by atoms with E-state index >= 15 is 0 Å². The third-order valence-corrected chi connectivity index (χ3v) is 1.76. The van der Waals surface area contributed by atoms with Gasteiger partial charge in [0.25, 0.3) is 0 Å². The minimum Gasteiger partial charge on any atom is -0.242 e. The fourth-order valence-electron chi connectivity index (χ4n) is 0.679. The summed E-state index contributed by atoms with van der Waals surface area (Å²) in [6, 6.07) is 0. The second-order valence-electron chi connectivity index (χ2n) is 1.62. The average Bonchev–Trinajstić information content (AvgIpc) is 1.86. The van der Waals surface area contributed by atoms with Gasteiger partial charge in [0.1, 0.15) is 0 Å². The number of hydrogen-bond donors (Lipinski definition) is 0. The maximum atomic E-state index is 3.37. The molecule has 2 heteroatoms. The summed E-state index contributed by atoms with van der Waals surface area (Å²) in [5.74, 6) is 0. The van der Waals surface area contributed by atoms with E-state index in [0.717, 1.165) is 0 Å². The molecule has 0 bridgehead atoms. The Morgan fingerprint density at radius 3 is 1.83 bits per heavy atom. The second-order valence-corrected chi connectivity index (χ2v) is 2.62. The van der Waals surface area contributed by atoms with Crippen molar-refractivity contribution in [3.63, 3.8) is 0 Å². The lowest BCUT2D eigenvalue weighted by molar-refractivity contribution is 0.608. The summed E-state index contributed by atoms with van der Waals surface area (Å²) in [4.78, 5) is 0. The number of hydrogen-bond acceptors (Lipinski definition) is 1. The van der Waals surface area contributed by atoms with Crippen LogP contribution < -0.4 is 0 Å². The molecule has 1 saturated heterocycles. The number of rotatable bonds is 0. The van der Waals surface area contributed by atoms with Crippen LogP contribution in [-0.2, 0) is 0 Å². The molecule has 1 aliphatic rings. The molecule has 36 valence electrons. The highest BCUT2D eigenvalue weighted by Crippen LogP contribution is 2.10. The molecule has 1 nitrogen and oxygen atoms in total. The quantitative estimate of drug-likeness (QED) is 0.471. The van der Waals surface area contributed by atoms with Gasteiger partial charge in [-0.1, -0.05) is 0 Å². The lowest BCUT2D eigenvalue weighted by atomic mass is 10.4. The zero-order valence-corrected chi connectivity index (χ0v) is 5.24. The second kappa shape index (κ2) is 1.94. The predicted molar refractivity (Wildman–Crippen MR) is 29.7 cm³/mol. The van der Waals surface area contributed by atoms with Crippen LogP contribution in [0.2, 0.25) is 0 Å². The molecular weight excluding hydrogens is 142 g/mol. The van der Waals surface area contributed by atoms with Crippen molar-refractivity contribution < 1.29 is 0 Å². The zero-order chi connectivity index (χ0) is 4.41. The first-order valence-electron chi connectivity index (χ1n) is 2.30. The van der Waals surface area contributed by atoms with E-state index in [1.165, 1.54) is 25.9 Å². The fraction of sp³-hybridized carbons (Fsp3) is 1.00. The van der Waals surface area contributed by atoms with Crippen molar-refractivity contribution in [2.24, 2.45) is 0 Å². The largest absolute Gasteiger partial charge is 0.242 e. The molecule has 0 aliphatic carbocycles. The number of halogens is 1. The minimum absolute atomic E-state index is 1.24. The van der Waals surface area contributed by atoms with Crippen LogP contribution in [0.5, 0.6) is 0 Å². The molecule has 0 aromatic carbocycles. The maximum Gasteiger partial charge on any atom is 0.0120 e. The lowest BCUT2D eigenvalue weighted by Crippen LogP contribution is -2.01. The molecule has 6 heavy (non-hydrogen) atoms. The van der Waals surface area contributed by atoms with Crippen molar-refractivity contribution in [1.82, 2.24) is 3.93 Å². The van der Waals surface area contributed by atoms with Crippen molar-refractivity contribution >= 4 is 16.1 Å². The molecule has 0 amide bonds. The third-order valence-electron chi connectivity index (χ3n) is 1.05. The highest BCUT2D eigenvalue weighted by molar-refractivity contribution is 9.07. The van der Waals surface area contributed by atoms with Gasteiger partial charge >= 0.3 is 0 Å². The van der Waals surface area contributed by atoms with E-state index in [1.54, 1.807) is 0 Å². The molecule has 0 aromatic rings. The Hall–Kier alpha value is 0.440. The molecule has 1 rings (SSSR count). The monoisotopic (exact) mass is 149 g/mol. The van der Waals surface area contributed by atoms with Gasteiger partial charge in [-0.2, -0.15) is 0 Å². The van der Waals surface area contributed by atoms with Gasteiger partial charge in [-0.15, -0.1) is 0 Å². The van der Waals surface area contributed by atoms with Gasteiger partial charge in [-0.05, 0) is 12.8 Å². The van der Waals surface area contributed by atoms with E-state index in [1.807, 2.05) is 0 Å². The van der Waals surface area contributed by atoms with Crippen LogP contribution in [0.3, 0.4) is 0 Å². The standard InChI is InChI=1S/C4H8BrN/c5-6-3-1-2-4-6/h1-4H2. The van der Waals surface area contributed by atoms with E-state index in [4.69, 9.17) is 0 Å². The molecule has 0 saturated carbocycles. The van der Waals surface area contributed by atoms with Crippen LogP contribution in [-0.4, -0.2) is 17.0 Å². The molecule has 0 spiro atoms. The Balaban J connectivity index is 2.18. The third kappa shape index (κ3) is 0.949. The molecule has 0 radical (unpaired) electrons. The average molecular weight is 150 g/mol. The fourth-order valence-corrected chi connectivity index (χ4v) is 1.18. The van der Waals surface area contributed by atoms with E-state index < -0.39 is 0 Å². The smallest absolute Gasteiger partial charge is 0.0120 e. The topological polar surface area (TPSA) is 3.24 Å². The highest BCUT2D eigenvalue weighted by Gasteiger charge is 2.05. The lowest BCUT2D eigenvalue weighted by Gasteiger charge is -1.97. The van der Waals surface area contributed by atoms with Gasteiger partial charge in [0.2, 0.25) is 0 Å². The van der Waals surface area contributed by atoms with Gasteiger partial charge in [-0.25, -0.2) is 3.93 Å². The Bertz CT molecular complexity index is 40.8. The summed E-state index contributed by atoms with van der Waals surface area (Å²) < 4.78 is 2.17. The summed E-state index contributed by atoms with van der Waals surface area (Å²) in [6.07, 6.45) is 2.73. The molecular formula is C4H8BrN. The van der Waals surface area contributed by atoms with Crippen molar-refractivity contribution in [3.8, 4) is 0 Å². The Morgan fingerprint density at radius 1 is 1.17 bits per heavy atom. The normalized spacial score (nSPS) is 25.5. The zero-order valence-electron chi connectivity index (χ0n) is 3.65. The van der Waals surface area contributed by atoms with Crippen LogP contribution in [0.4, 0.5) is 0 Å². The molecule has 1 aliphatic heterocycles. The Labute approximate surface area is 46.7 Å². The summed E-state index contributed by atoms with van der Waals surface area (Å²) >= 11 is 3.37. The minimum atomic E-state index is 1.24. The van der Waals surface area contributed by atoms with E-state index in [0.29, 0.717) is 0 Å². The van der Waals surface area contributed by atoms with Crippen molar-refractivity contribution in [2.75, 3.05) is 13.1 Å². The van der Waals surface area contributed by atoms with Crippen molar-refractivity contribution in [3.05, 3.63) is 0 Å². The summed E-state index contributed by atoms with van der Waals surface area (Å²) in [6.45, 7) is 2.47. The van der Waals surface area contributed by atoms with Gasteiger partial charge in [0.05, 0.1) is 0 Å². The molecule has 0 N–H and O–H groups in total. The predicted octanol–water partition coefficient (Wildman–Crippen LogP) is 1.39. The highest BCUT2D eigenvalue weighted by atomic mass is 79.9. The Kier molecular flexibility index (Phi) is 1.48. The van der Waals surface area contributed by atoms with Gasteiger partial charge in [0.15, 0.2) is 0 Å². The van der Waals surface area contributed by atoms with Gasteiger partial charge in [0, 0.05) is 29.2 Å². The van der Waals surface area contributed by atoms with Crippen LogP contribution >= 0.6 is 16.1 Å². The van der Waals surface area contributed by atoms with Crippen molar-refractivity contribution in [1.29, 1.82) is 0 Å². The van der Waals surface area contributed by atoms with E-state index in [2.05, 4.69) is 20.1 Å². The molecule has 1 fully saturated rings. The van der Waals surface area contributed by atoms with Crippen molar-refractivity contribution in [2.45, 2.75) is 12.8 Å². The summed E-state index contributed by atoms with van der Waals surface area (Å²) in [5.41, 5.74) is 0. The maximum absolute atomic E-state index is 3.37. The first-order chi connectivity index (χ1) is 2.89. The van der Waals surface area contributed by atoms with E-state index in [9.17, 15) is 0 Å². The molecule has 0 atom stereocenters. The molecule has 0 unspecified atom stereocenters. The first-order valence-corrected chi connectivity index (χ1v) is 3.01. The van der Waals surface area contributed by atoms with Crippen LogP contribution in [0.1, 0.15) is 12.8 Å². The Morgan fingerprint density at radius 2 is 1.67 bits per heavy atom. The van der Waals surface area contributed by atoms with E-state index in [-0.39, 0.29) is 0 Å². The van der Waals surface area contributed by atoms with Gasteiger partial charge in [-0.3, -0.25) is 0 Å². The van der Waals surface area contributed by atoms with Gasteiger partial charge < -0.3 is 0 Å². The summed E-state index contributed by atoms with van der Waals surface area (Å²) in [5, 5.41) is 0. The van der Waals surface area contributed by atoms with Crippen LogP contribution in [0, 0.1) is 0 Å². The first kappa shape index (κ1) is 4.60. The number of nitrogens with zero attached hydrogens (tertiary/aromatic N) is 1. The van der Waals surface area contributed by atoms with Crippen LogP contribution in [0.25, 0.3) is 0 Å². The summed E-state index contributed by atoms with van der Waals surface area (Å²) in [7, 11) is 0. The van der Waals surface area contributed by atoms with Crippen LogP contribution in [0.15, 0.2) is 0 Å². The molecule has 1 heterocycles. The molecule has 0 aromatic heterocycles.